The topological polar surface area (TPSA) is 67.2 Å². The second-order valence-corrected chi connectivity index (χ2v) is 7.06. The predicted octanol–water partition coefficient (Wildman–Crippen LogP) is 4.45. The lowest BCUT2D eigenvalue weighted by Gasteiger charge is -2.19. The zero-order valence-corrected chi connectivity index (χ0v) is 16.5. The van der Waals surface area contributed by atoms with E-state index in [1.54, 1.807) is 18.2 Å². The Hall–Kier alpha value is -1.86. The van der Waals surface area contributed by atoms with Gasteiger partial charge in [-0.2, -0.15) is 9.78 Å². The number of nitrogens with one attached hydrogen (secondary N) is 1. The van der Waals surface area contributed by atoms with Gasteiger partial charge < -0.3 is 10.4 Å². The summed E-state index contributed by atoms with van der Waals surface area (Å²) in [6.45, 7) is -0.143. The molecule has 2 aromatic carbocycles. The van der Waals surface area contributed by atoms with Crippen molar-refractivity contribution in [2.75, 3.05) is 11.9 Å². The van der Waals surface area contributed by atoms with Gasteiger partial charge in [0.1, 0.15) is 10.2 Å². The molecule has 0 radical (unpaired) electrons. The van der Waals surface area contributed by atoms with Crippen LogP contribution in [0, 0.1) is 0 Å². The Morgan fingerprint density at radius 1 is 1.12 bits per heavy atom. The van der Waals surface area contributed by atoms with Gasteiger partial charge in [0.25, 0.3) is 5.56 Å². The third kappa shape index (κ3) is 3.78. The van der Waals surface area contributed by atoms with Gasteiger partial charge >= 0.3 is 0 Å². The Balaban J connectivity index is 1.99. The molecule has 0 saturated carbocycles. The van der Waals surface area contributed by atoms with Crippen molar-refractivity contribution in [3.63, 3.8) is 0 Å². The molecular formula is C18H14BrCl2N3O2. The first-order valence-electron chi connectivity index (χ1n) is 7.67. The summed E-state index contributed by atoms with van der Waals surface area (Å²) in [6, 6.07) is 14.0. The van der Waals surface area contributed by atoms with Crippen molar-refractivity contribution in [2.45, 2.75) is 6.04 Å². The van der Waals surface area contributed by atoms with E-state index >= 15 is 0 Å². The fourth-order valence-corrected chi connectivity index (χ4v) is 3.43. The van der Waals surface area contributed by atoms with Crippen LogP contribution in [-0.2, 0) is 0 Å². The fraction of sp³-hybridized carbons (Fsp3) is 0.111. The number of hydrogen-bond acceptors (Lipinski definition) is 4. The lowest BCUT2D eigenvalue weighted by atomic mass is 10.1. The van der Waals surface area contributed by atoms with Crippen LogP contribution in [0.1, 0.15) is 11.6 Å². The van der Waals surface area contributed by atoms with Crippen LogP contribution in [0.5, 0.6) is 0 Å². The van der Waals surface area contributed by atoms with Crippen molar-refractivity contribution in [1.82, 2.24) is 9.78 Å². The van der Waals surface area contributed by atoms with E-state index in [1.165, 1.54) is 6.20 Å². The molecule has 134 valence electrons. The van der Waals surface area contributed by atoms with Gasteiger partial charge in [-0.1, -0.05) is 59.6 Å². The molecule has 0 aliphatic rings. The van der Waals surface area contributed by atoms with E-state index in [0.717, 1.165) is 10.2 Å². The average molecular weight is 455 g/mol. The molecule has 1 atom stereocenters. The maximum atomic E-state index is 12.7. The molecule has 0 amide bonds. The number of aromatic nitrogens is 2. The molecule has 0 saturated heterocycles. The third-order valence-corrected chi connectivity index (χ3v) is 5.16. The van der Waals surface area contributed by atoms with E-state index in [9.17, 15) is 9.90 Å². The summed E-state index contributed by atoms with van der Waals surface area (Å²) >= 11 is 15.6. The number of aliphatic hydroxyl groups is 1. The van der Waals surface area contributed by atoms with Crippen LogP contribution in [0.15, 0.2) is 64.0 Å². The highest BCUT2D eigenvalue weighted by atomic mass is 79.9. The van der Waals surface area contributed by atoms with Crippen LogP contribution in [0.25, 0.3) is 5.69 Å². The van der Waals surface area contributed by atoms with Gasteiger partial charge in [-0.15, -0.1) is 0 Å². The summed E-state index contributed by atoms with van der Waals surface area (Å²) in [5.74, 6) is 0. The van der Waals surface area contributed by atoms with E-state index in [4.69, 9.17) is 23.2 Å². The second-order valence-electron chi connectivity index (χ2n) is 5.45. The number of rotatable bonds is 5. The SMILES string of the molecule is O=c1c(Br)c(N[C@H](CO)c2ccccc2)cnn1-c1c(Cl)cccc1Cl. The molecule has 26 heavy (non-hydrogen) atoms. The standard InChI is InChI=1S/C18H14BrCl2N3O2/c19-16-14(23-15(10-25)11-5-2-1-3-6-11)9-22-24(18(16)26)17-12(20)7-4-8-13(17)21/h1-9,15,23,25H,10H2/t15-/m1/s1. The molecule has 1 aromatic heterocycles. The minimum absolute atomic E-state index is 0.143. The van der Waals surface area contributed by atoms with Crippen molar-refractivity contribution < 1.29 is 5.11 Å². The van der Waals surface area contributed by atoms with Crippen LogP contribution in [0.3, 0.4) is 0 Å². The van der Waals surface area contributed by atoms with Gasteiger partial charge in [-0.3, -0.25) is 4.79 Å². The van der Waals surface area contributed by atoms with Crippen molar-refractivity contribution in [2.24, 2.45) is 0 Å². The van der Waals surface area contributed by atoms with Crippen molar-refractivity contribution in [3.8, 4) is 5.69 Å². The average Bonchev–Trinajstić information content (AvgIpc) is 2.65. The van der Waals surface area contributed by atoms with Gasteiger partial charge in [0.05, 0.1) is 34.6 Å². The molecule has 8 heteroatoms. The summed E-state index contributed by atoms with van der Waals surface area (Å²) in [5, 5.41) is 17.6. The molecule has 0 aliphatic heterocycles. The van der Waals surface area contributed by atoms with Gasteiger partial charge in [0.15, 0.2) is 0 Å². The first kappa shape index (κ1) is 18.9. The number of hydrogen-bond donors (Lipinski definition) is 2. The van der Waals surface area contributed by atoms with E-state index in [-0.39, 0.29) is 17.1 Å². The lowest BCUT2D eigenvalue weighted by molar-refractivity contribution is 0.276. The van der Waals surface area contributed by atoms with E-state index < -0.39 is 5.56 Å². The molecule has 0 unspecified atom stereocenters. The molecule has 3 rings (SSSR count). The summed E-state index contributed by atoms with van der Waals surface area (Å²) in [7, 11) is 0. The highest BCUT2D eigenvalue weighted by molar-refractivity contribution is 9.10. The Morgan fingerprint density at radius 3 is 2.38 bits per heavy atom. The monoisotopic (exact) mass is 453 g/mol. The number of nitrogens with zero attached hydrogens (tertiary/aromatic N) is 2. The van der Waals surface area contributed by atoms with Crippen molar-refractivity contribution in [1.29, 1.82) is 0 Å². The van der Waals surface area contributed by atoms with Gasteiger partial charge in [0, 0.05) is 0 Å². The van der Waals surface area contributed by atoms with Gasteiger partial charge in [-0.05, 0) is 33.6 Å². The Kier molecular flexibility index (Phi) is 5.98. The van der Waals surface area contributed by atoms with Crippen LogP contribution >= 0.6 is 39.1 Å². The number of anilines is 1. The minimum Gasteiger partial charge on any atom is -0.394 e. The highest BCUT2D eigenvalue weighted by Gasteiger charge is 2.17. The number of aliphatic hydroxyl groups excluding tert-OH is 1. The molecular weight excluding hydrogens is 441 g/mol. The zero-order chi connectivity index (χ0) is 18.7. The normalized spacial score (nSPS) is 12.0. The first-order valence-corrected chi connectivity index (χ1v) is 9.22. The minimum atomic E-state index is -0.422. The van der Waals surface area contributed by atoms with Crippen LogP contribution in [-0.4, -0.2) is 21.5 Å². The Morgan fingerprint density at radius 2 is 1.77 bits per heavy atom. The van der Waals surface area contributed by atoms with Crippen LogP contribution < -0.4 is 10.9 Å². The van der Waals surface area contributed by atoms with E-state index in [1.807, 2.05) is 30.3 Å². The quantitative estimate of drug-likeness (QED) is 0.597. The fourth-order valence-electron chi connectivity index (χ4n) is 2.49. The smallest absolute Gasteiger partial charge is 0.288 e. The summed E-state index contributed by atoms with van der Waals surface area (Å²) < 4.78 is 1.40. The molecule has 0 aliphatic carbocycles. The van der Waals surface area contributed by atoms with Gasteiger partial charge in [-0.25, -0.2) is 0 Å². The third-order valence-electron chi connectivity index (χ3n) is 3.78. The van der Waals surface area contributed by atoms with Crippen molar-refractivity contribution >= 4 is 44.8 Å². The number of para-hydroxylation sites is 1. The summed E-state index contributed by atoms with van der Waals surface area (Å²) in [6.07, 6.45) is 1.48. The predicted molar refractivity (Wildman–Crippen MR) is 107 cm³/mol. The molecule has 2 N–H and O–H groups in total. The number of benzene rings is 2. The molecule has 0 spiro atoms. The van der Waals surface area contributed by atoms with Crippen molar-refractivity contribution in [3.05, 3.63) is 85.2 Å². The maximum Gasteiger partial charge on any atom is 0.288 e. The summed E-state index contributed by atoms with van der Waals surface area (Å²) in [4.78, 5) is 12.7. The first-order chi connectivity index (χ1) is 12.5. The van der Waals surface area contributed by atoms with Crippen LogP contribution in [0.4, 0.5) is 5.69 Å². The molecule has 1 heterocycles. The van der Waals surface area contributed by atoms with E-state index in [0.29, 0.717) is 21.4 Å². The zero-order valence-electron chi connectivity index (χ0n) is 13.4. The molecule has 0 fully saturated rings. The molecule has 0 bridgehead atoms. The molecule has 3 aromatic rings. The second kappa shape index (κ2) is 8.22. The molecule has 5 nitrogen and oxygen atoms in total. The maximum absolute atomic E-state index is 12.7. The Bertz CT molecular complexity index is 960. The lowest BCUT2D eigenvalue weighted by Crippen LogP contribution is -2.25. The Labute approximate surface area is 168 Å². The summed E-state index contributed by atoms with van der Waals surface area (Å²) in [5.41, 5.74) is 1.24. The number of halogens is 3. The van der Waals surface area contributed by atoms with Gasteiger partial charge in [0.2, 0.25) is 0 Å². The van der Waals surface area contributed by atoms with Crippen LogP contribution in [0.2, 0.25) is 10.0 Å². The highest BCUT2D eigenvalue weighted by Crippen LogP contribution is 2.28. The largest absolute Gasteiger partial charge is 0.394 e. The van der Waals surface area contributed by atoms with E-state index in [2.05, 4.69) is 26.3 Å².